The van der Waals surface area contributed by atoms with Gasteiger partial charge in [-0.2, -0.15) is 0 Å². The third-order valence-corrected chi connectivity index (χ3v) is 11.7. The van der Waals surface area contributed by atoms with E-state index in [0.717, 1.165) is 96.3 Å². The number of phosphoric acid groups is 1. The van der Waals surface area contributed by atoms with Gasteiger partial charge < -0.3 is 19.8 Å². The Bertz CT molecular complexity index is 1420. The van der Waals surface area contributed by atoms with Gasteiger partial charge in [0.2, 0.25) is 5.91 Å². The van der Waals surface area contributed by atoms with E-state index in [9.17, 15) is 19.4 Å². The summed E-state index contributed by atoms with van der Waals surface area (Å²) >= 11 is 0. The number of likely N-dealkylation sites (N-methyl/N-ethyl adjacent to an activating group) is 1. The van der Waals surface area contributed by atoms with Crippen LogP contribution in [-0.2, 0) is 18.4 Å². The van der Waals surface area contributed by atoms with E-state index >= 15 is 0 Å². The number of aliphatic hydroxyl groups is 1. The fourth-order valence-electron chi connectivity index (χ4n) is 6.66. The lowest BCUT2D eigenvalue weighted by molar-refractivity contribution is -0.870. The highest BCUT2D eigenvalue weighted by atomic mass is 31.2. The third-order valence-electron chi connectivity index (χ3n) is 10.7. The number of quaternary nitrogens is 1. The quantitative estimate of drug-likeness (QED) is 0.0243. The van der Waals surface area contributed by atoms with Gasteiger partial charge in [0.15, 0.2) is 0 Å². The fraction of sp³-hybridized carbons (Fsp3) is 0.661. The Hall–Kier alpha value is -2.84. The molecule has 65 heavy (non-hydrogen) atoms. The van der Waals surface area contributed by atoms with Gasteiger partial charge in [0.25, 0.3) is 0 Å². The second kappa shape index (κ2) is 46.3. The second-order valence-electron chi connectivity index (χ2n) is 18.1. The van der Waals surface area contributed by atoms with E-state index in [4.69, 9.17) is 9.05 Å². The zero-order valence-electron chi connectivity index (χ0n) is 42.2. The molecular formula is C56H98N2O6P+. The Kier molecular flexibility index (Phi) is 44.3. The highest BCUT2D eigenvalue weighted by molar-refractivity contribution is 7.47. The smallest absolute Gasteiger partial charge is 0.387 e. The number of aliphatic hydroxyl groups excluding tert-OH is 1. The van der Waals surface area contributed by atoms with Crippen LogP contribution in [0.15, 0.2) is 109 Å². The van der Waals surface area contributed by atoms with Crippen LogP contribution in [0, 0.1) is 0 Å². The van der Waals surface area contributed by atoms with Crippen LogP contribution in [0.4, 0.5) is 0 Å². The van der Waals surface area contributed by atoms with E-state index in [0.29, 0.717) is 17.4 Å². The van der Waals surface area contributed by atoms with Crippen molar-refractivity contribution in [1.82, 2.24) is 5.32 Å². The summed E-state index contributed by atoms with van der Waals surface area (Å²) in [4.78, 5) is 23.2. The lowest BCUT2D eigenvalue weighted by Crippen LogP contribution is -2.45. The monoisotopic (exact) mass is 926 g/mol. The maximum Gasteiger partial charge on any atom is 0.472 e. The number of phosphoric ester groups is 1. The Balaban J connectivity index is 4.48. The number of carbonyl (C=O) groups excluding carboxylic acids is 1. The van der Waals surface area contributed by atoms with Crippen LogP contribution in [0.25, 0.3) is 0 Å². The van der Waals surface area contributed by atoms with E-state index < -0.39 is 20.0 Å². The van der Waals surface area contributed by atoms with E-state index in [2.05, 4.69) is 116 Å². The van der Waals surface area contributed by atoms with Gasteiger partial charge in [-0.25, -0.2) is 4.57 Å². The number of hydrogen-bond acceptors (Lipinski definition) is 5. The molecule has 0 rings (SSSR count). The molecule has 0 aliphatic rings. The molecule has 0 radical (unpaired) electrons. The number of hydrogen-bond donors (Lipinski definition) is 3. The number of nitrogens with zero attached hydrogens (tertiary/aromatic N) is 1. The number of rotatable bonds is 45. The molecule has 0 aromatic heterocycles. The minimum atomic E-state index is -4.37. The number of allylic oxidation sites excluding steroid dienone is 17. The average molecular weight is 926 g/mol. The highest BCUT2D eigenvalue weighted by Gasteiger charge is 2.27. The van der Waals surface area contributed by atoms with E-state index in [-0.39, 0.29) is 19.1 Å². The topological polar surface area (TPSA) is 105 Å². The predicted octanol–water partition coefficient (Wildman–Crippen LogP) is 15.3. The summed E-state index contributed by atoms with van der Waals surface area (Å²) in [7, 11) is 1.51. The molecule has 0 aromatic carbocycles. The van der Waals surface area contributed by atoms with Crippen LogP contribution in [0.1, 0.15) is 187 Å². The van der Waals surface area contributed by atoms with Crippen molar-refractivity contribution in [3.05, 3.63) is 109 Å². The van der Waals surface area contributed by atoms with Crippen molar-refractivity contribution in [3.63, 3.8) is 0 Å². The summed E-state index contributed by atoms with van der Waals surface area (Å²) in [5.41, 5.74) is 0. The molecule has 0 aliphatic heterocycles. The number of unbranched alkanes of at least 4 members (excludes halogenated alkanes) is 16. The first kappa shape index (κ1) is 62.2. The SMILES string of the molecule is CC/C=C\C/C=C\C/C=C\C/C=C\C/C=C\C/C=C\CCCCCCC(=O)NC(COP(=O)(O)OCC[N+](C)(C)C)C(O)/C=C/CC/C=C/CC/C=C/CCCCCCCCCCCC. The van der Waals surface area contributed by atoms with Crippen LogP contribution in [0.5, 0.6) is 0 Å². The zero-order valence-corrected chi connectivity index (χ0v) is 43.1. The minimum absolute atomic E-state index is 0.0417. The highest BCUT2D eigenvalue weighted by Crippen LogP contribution is 2.43. The van der Waals surface area contributed by atoms with Gasteiger partial charge in [0.1, 0.15) is 13.2 Å². The molecule has 0 aliphatic carbocycles. The minimum Gasteiger partial charge on any atom is -0.387 e. The molecule has 3 N–H and O–H groups in total. The summed E-state index contributed by atoms with van der Waals surface area (Å²) in [5, 5.41) is 13.8. The second-order valence-corrected chi connectivity index (χ2v) is 19.6. The molecule has 1 amide bonds. The number of nitrogens with one attached hydrogen (secondary N) is 1. The first-order valence-electron chi connectivity index (χ1n) is 25.8. The molecular weight excluding hydrogens is 828 g/mol. The van der Waals surface area contributed by atoms with Gasteiger partial charge in [0.05, 0.1) is 39.9 Å². The third kappa shape index (κ3) is 48.9. The molecule has 0 spiro atoms. The Morgan fingerprint density at radius 3 is 1.42 bits per heavy atom. The molecule has 9 heteroatoms. The van der Waals surface area contributed by atoms with Crippen molar-refractivity contribution < 1.29 is 32.9 Å². The average Bonchev–Trinajstić information content (AvgIpc) is 3.26. The van der Waals surface area contributed by atoms with Gasteiger partial charge in [-0.15, -0.1) is 0 Å². The molecule has 8 nitrogen and oxygen atoms in total. The summed E-state index contributed by atoms with van der Waals surface area (Å²) in [6.45, 7) is 4.63. The van der Waals surface area contributed by atoms with Crippen molar-refractivity contribution in [2.75, 3.05) is 40.9 Å². The molecule has 0 saturated carbocycles. The van der Waals surface area contributed by atoms with Gasteiger partial charge in [-0.3, -0.25) is 13.8 Å². The number of amides is 1. The van der Waals surface area contributed by atoms with E-state index in [1.54, 1.807) is 6.08 Å². The standard InChI is InChI=1S/C56H97N2O6P/c1-6-8-10-12-14-16-18-20-22-24-26-28-29-30-32-34-36-38-40-42-44-46-48-50-56(60)57-54(53-64-65(61,62)63-52-51-58(3,4)5)55(59)49-47-45-43-41-39-37-35-33-31-27-25-23-21-19-17-15-13-11-9-7-2/h8,10,14,16,20,22,26,28,30-33,36,38-39,41,47,49,54-55,59H,6-7,9,11-13,15,17-19,21,23-25,27,29,34-35,37,40,42-46,48,50-53H2,1-5H3,(H-,57,60,61,62)/p+1/b10-8-,16-14-,22-20-,28-26-,32-30-,33-31+,38-36-,41-39+,49-47+. The van der Waals surface area contributed by atoms with Crippen LogP contribution < -0.4 is 5.32 Å². The molecule has 0 heterocycles. The molecule has 3 unspecified atom stereocenters. The van der Waals surface area contributed by atoms with Crippen molar-refractivity contribution in [2.24, 2.45) is 0 Å². The van der Waals surface area contributed by atoms with Crippen molar-refractivity contribution >= 4 is 13.7 Å². The van der Waals surface area contributed by atoms with Crippen LogP contribution in [-0.4, -0.2) is 73.4 Å². The first-order chi connectivity index (χ1) is 31.5. The maximum absolute atomic E-state index is 12.9. The summed E-state index contributed by atoms with van der Waals surface area (Å²) in [5.74, 6) is -0.220. The van der Waals surface area contributed by atoms with Crippen LogP contribution in [0.3, 0.4) is 0 Å². The normalized spacial score (nSPS) is 15.0. The van der Waals surface area contributed by atoms with Gasteiger partial charge in [0, 0.05) is 6.42 Å². The molecule has 0 saturated heterocycles. The Labute approximate surface area is 400 Å². The van der Waals surface area contributed by atoms with E-state index in [1.165, 1.54) is 70.6 Å². The summed E-state index contributed by atoms with van der Waals surface area (Å²) in [6.07, 6.45) is 67.4. The summed E-state index contributed by atoms with van der Waals surface area (Å²) < 4.78 is 23.6. The largest absolute Gasteiger partial charge is 0.472 e. The summed E-state index contributed by atoms with van der Waals surface area (Å²) in [6, 6.07) is -0.892. The van der Waals surface area contributed by atoms with Crippen LogP contribution in [0.2, 0.25) is 0 Å². The molecule has 372 valence electrons. The van der Waals surface area contributed by atoms with Crippen molar-refractivity contribution in [2.45, 2.75) is 199 Å². The lowest BCUT2D eigenvalue weighted by Gasteiger charge is -2.25. The van der Waals surface area contributed by atoms with E-state index in [1.807, 2.05) is 27.2 Å². The first-order valence-corrected chi connectivity index (χ1v) is 27.3. The zero-order chi connectivity index (χ0) is 47.8. The Morgan fingerprint density at radius 2 is 0.938 bits per heavy atom. The predicted molar refractivity (Wildman–Crippen MR) is 281 cm³/mol. The molecule has 3 atom stereocenters. The van der Waals surface area contributed by atoms with Gasteiger partial charge in [-0.05, 0) is 96.3 Å². The van der Waals surface area contributed by atoms with Gasteiger partial charge in [-0.1, -0.05) is 194 Å². The van der Waals surface area contributed by atoms with Gasteiger partial charge >= 0.3 is 7.82 Å². The van der Waals surface area contributed by atoms with Crippen molar-refractivity contribution in [3.8, 4) is 0 Å². The maximum atomic E-state index is 12.9. The molecule has 0 bridgehead atoms. The molecule has 0 aromatic rings. The number of carbonyl (C=O) groups is 1. The van der Waals surface area contributed by atoms with Crippen LogP contribution >= 0.6 is 7.82 Å². The molecule has 0 fully saturated rings. The fourth-order valence-corrected chi connectivity index (χ4v) is 7.40. The Morgan fingerprint density at radius 1 is 0.538 bits per heavy atom. The van der Waals surface area contributed by atoms with Crippen molar-refractivity contribution in [1.29, 1.82) is 0 Å². The lowest BCUT2D eigenvalue weighted by atomic mass is 10.1.